The highest BCUT2D eigenvalue weighted by molar-refractivity contribution is 7.98. The van der Waals surface area contributed by atoms with Gasteiger partial charge in [0.05, 0.1) is 5.56 Å². The van der Waals surface area contributed by atoms with E-state index in [0.717, 1.165) is 25.2 Å². The van der Waals surface area contributed by atoms with Gasteiger partial charge in [-0.25, -0.2) is 4.39 Å². The maximum absolute atomic E-state index is 14.1. The average Bonchev–Trinajstić information content (AvgIpc) is 2.62. The largest absolute Gasteiger partial charge is 0.353 e. The van der Waals surface area contributed by atoms with E-state index in [-0.39, 0.29) is 17.5 Å². The molecule has 1 amide bonds. The van der Waals surface area contributed by atoms with Crippen molar-refractivity contribution in [3.05, 3.63) is 47.9 Å². The summed E-state index contributed by atoms with van der Waals surface area (Å²) in [5.41, 5.74) is 0.127. The molecule has 1 aliphatic rings. The fraction of sp³-hybridized carbons (Fsp3) is 0.353. The molecule has 1 fully saturated rings. The Morgan fingerprint density at radius 2 is 2.25 bits per heavy atom. The van der Waals surface area contributed by atoms with Gasteiger partial charge in [-0.05, 0) is 43.4 Å². The molecule has 0 aliphatic carbocycles. The molecular weight excluding hydrogens is 327 g/mol. The number of hydrogen-bond acceptors (Lipinski definition) is 5. The zero-order chi connectivity index (χ0) is 16.9. The Morgan fingerprint density at radius 3 is 3.00 bits per heavy atom. The van der Waals surface area contributed by atoms with E-state index in [4.69, 9.17) is 0 Å². The summed E-state index contributed by atoms with van der Waals surface area (Å²) < 4.78 is 14.1. The number of carbonyl (C=O) groups is 1. The molecule has 1 aromatic carbocycles. The summed E-state index contributed by atoms with van der Waals surface area (Å²) >= 11 is 1.37. The number of halogens is 1. The number of piperidine rings is 1. The Hall–Kier alpha value is -2.15. The highest BCUT2D eigenvalue weighted by Crippen LogP contribution is 2.23. The fourth-order valence-corrected chi connectivity index (χ4v) is 3.53. The first-order valence-corrected chi connectivity index (χ1v) is 9.07. The van der Waals surface area contributed by atoms with Crippen molar-refractivity contribution in [2.45, 2.75) is 23.8 Å². The van der Waals surface area contributed by atoms with Gasteiger partial charge in [0.2, 0.25) is 0 Å². The van der Waals surface area contributed by atoms with Gasteiger partial charge in [-0.3, -0.25) is 4.79 Å². The van der Waals surface area contributed by atoms with E-state index >= 15 is 0 Å². The lowest BCUT2D eigenvalue weighted by atomic mass is 10.0. The number of nitrogens with one attached hydrogen (secondary N) is 1. The van der Waals surface area contributed by atoms with Gasteiger partial charge in [-0.15, -0.1) is 16.9 Å². The topological polar surface area (TPSA) is 58.1 Å². The lowest BCUT2D eigenvalue weighted by Crippen LogP contribution is -2.48. The molecular formula is C17H19FN4OS. The molecule has 1 atom stereocenters. The van der Waals surface area contributed by atoms with E-state index in [2.05, 4.69) is 20.4 Å². The van der Waals surface area contributed by atoms with Crippen molar-refractivity contribution in [3.63, 3.8) is 0 Å². The van der Waals surface area contributed by atoms with Crippen LogP contribution in [0.1, 0.15) is 23.2 Å². The number of anilines is 1. The first-order chi connectivity index (χ1) is 11.7. The number of hydrogen-bond donors (Lipinski definition) is 1. The Kier molecular flexibility index (Phi) is 5.30. The van der Waals surface area contributed by atoms with Gasteiger partial charge in [0.1, 0.15) is 5.82 Å². The van der Waals surface area contributed by atoms with Crippen LogP contribution in [-0.2, 0) is 0 Å². The number of amides is 1. The van der Waals surface area contributed by atoms with Crippen molar-refractivity contribution in [2.75, 3.05) is 24.2 Å². The molecule has 2 heterocycles. The van der Waals surface area contributed by atoms with Gasteiger partial charge in [0, 0.05) is 30.2 Å². The second-order valence-electron chi connectivity index (χ2n) is 5.66. The third-order valence-electron chi connectivity index (χ3n) is 4.06. The minimum Gasteiger partial charge on any atom is -0.353 e. The molecule has 0 bridgehead atoms. The molecule has 0 spiro atoms. The Labute approximate surface area is 144 Å². The molecule has 1 aliphatic heterocycles. The van der Waals surface area contributed by atoms with Gasteiger partial charge in [0.15, 0.2) is 5.82 Å². The van der Waals surface area contributed by atoms with Gasteiger partial charge < -0.3 is 10.2 Å². The highest BCUT2D eigenvalue weighted by atomic mass is 32.2. The third kappa shape index (κ3) is 3.67. The first-order valence-electron chi connectivity index (χ1n) is 7.85. The minimum atomic E-state index is -0.485. The van der Waals surface area contributed by atoms with Crippen LogP contribution in [0.25, 0.3) is 0 Å². The molecule has 126 valence electrons. The van der Waals surface area contributed by atoms with E-state index in [1.165, 1.54) is 17.8 Å². The lowest BCUT2D eigenvalue weighted by Gasteiger charge is -2.33. The van der Waals surface area contributed by atoms with Gasteiger partial charge in [0.25, 0.3) is 5.91 Å². The summed E-state index contributed by atoms with van der Waals surface area (Å²) in [5, 5.41) is 11.0. The Bertz CT molecular complexity index is 713. The SMILES string of the molecule is CSc1cccc(F)c1C(=O)N[C@H]1CCCN(c2cccnn2)C1. The zero-order valence-corrected chi connectivity index (χ0v) is 14.2. The monoisotopic (exact) mass is 346 g/mol. The maximum Gasteiger partial charge on any atom is 0.255 e. The number of thioether (sulfide) groups is 1. The van der Waals surface area contributed by atoms with E-state index in [9.17, 15) is 9.18 Å². The number of aromatic nitrogens is 2. The summed E-state index contributed by atoms with van der Waals surface area (Å²) in [6.07, 6.45) is 5.27. The van der Waals surface area contributed by atoms with Crippen LogP contribution >= 0.6 is 11.8 Å². The van der Waals surface area contributed by atoms with Crippen LogP contribution in [0.3, 0.4) is 0 Å². The number of benzene rings is 1. The maximum atomic E-state index is 14.1. The lowest BCUT2D eigenvalue weighted by molar-refractivity contribution is 0.0926. The second kappa shape index (κ2) is 7.61. The standard InChI is InChI=1S/C17H19FN4OS/c1-24-14-7-2-6-13(18)16(14)17(23)20-12-5-4-10-22(11-12)15-8-3-9-19-21-15/h2-3,6-9,12H,4-5,10-11H2,1H3,(H,20,23)/t12-/m0/s1. The summed E-state index contributed by atoms with van der Waals surface area (Å²) in [6, 6.07) is 8.40. The first kappa shape index (κ1) is 16.7. The number of carbonyl (C=O) groups excluding carboxylic acids is 1. The molecule has 7 heteroatoms. The van der Waals surface area contributed by atoms with Crippen molar-refractivity contribution in [1.82, 2.24) is 15.5 Å². The molecule has 0 saturated carbocycles. The normalized spacial score (nSPS) is 17.6. The van der Waals surface area contributed by atoms with Crippen LogP contribution in [0.4, 0.5) is 10.2 Å². The van der Waals surface area contributed by atoms with Crippen molar-refractivity contribution in [3.8, 4) is 0 Å². The van der Waals surface area contributed by atoms with Crippen LogP contribution in [0.2, 0.25) is 0 Å². The Morgan fingerprint density at radius 1 is 1.38 bits per heavy atom. The van der Waals surface area contributed by atoms with Crippen molar-refractivity contribution in [2.24, 2.45) is 0 Å². The zero-order valence-electron chi connectivity index (χ0n) is 13.4. The Balaban J connectivity index is 1.71. The van der Waals surface area contributed by atoms with E-state index in [0.29, 0.717) is 11.4 Å². The van der Waals surface area contributed by atoms with Crippen LogP contribution in [0.5, 0.6) is 0 Å². The second-order valence-corrected chi connectivity index (χ2v) is 6.51. The fourth-order valence-electron chi connectivity index (χ4n) is 2.92. The molecule has 5 nitrogen and oxygen atoms in total. The van der Waals surface area contributed by atoms with Crippen LogP contribution < -0.4 is 10.2 Å². The van der Waals surface area contributed by atoms with Gasteiger partial charge >= 0.3 is 0 Å². The molecule has 2 aromatic rings. The third-order valence-corrected chi connectivity index (χ3v) is 4.84. The molecule has 24 heavy (non-hydrogen) atoms. The highest BCUT2D eigenvalue weighted by Gasteiger charge is 2.25. The van der Waals surface area contributed by atoms with Gasteiger partial charge in [-0.1, -0.05) is 6.07 Å². The number of rotatable bonds is 4. The summed E-state index contributed by atoms with van der Waals surface area (Å²) in [6.45, 7) is 1.52. The van der Waals surface area contributed by atoms with Crippen LogP contribution in [0.15, 0.2) is 41.4 Å². The molecule has 0 radical (unpaired) electrons. The van der Waals surface area contributed by atoms with E-state index in [1.807, 2.05) is 18.4 Å². The average molecular weight is 346 g/mol. The molecule has 3 rings (SSSR count). The quantitative estimate of drug-likeness (QED) is 0.863. The summed E-state index contributed by atoms with van der Waals surface area (Å²) in [4.78, 5) is 15.3. The number of nitrogens with zero attached hydrogens (tertiary/aromatic N) is 3. The smallest absolute Gasteiger partial charge is 0.255 e. The minimum absolute atomic E-state index is 0.0393. The predicted octanol–water partition coefficient (Wildman–Crippen LogP) is 2.74. The molecule has 1 N–H and O–H groups in total. The molecule has 0 unspecified atom stereocenters. The van der Waals surface area contributed by atoms with Crippen molar-refractivity contribution >= 4 is 23.5 Å². The molecule has 1 aromatic heterocycles. The van der Waals surface area contributed by atoms with Crippen LogP contribution in [-0.4, -0.2) is 41.5 Å². The predicted molar refractivity (Wildman–Crippen MR) is 92.9 cm³/mol. The van der Waals surface area contributed by atoms with Crippen LogP contribution in [0, 0.1) is 5.82 Å². The van der Waals surface area contributed by atoms with Crippen molar-refractivity contribution < 1.29 is 9.18 Å². The summed E-state index contributed by atoms with van der Waals surface area (Å²) in [5.74, 6) is -0.0449. The molecule has 1 saturated heterocycles. The van der Waals surface area contributed by atoms with Crippen molar-refractivity contribution in [1.29, 1.82) is 0 Å². The van der Waals surface area contributed by atoms with E-state index < -0.39 is 5.82 Å². The van der Waals surface area contributed by atoms with Gasteiger partial charge in [-0.2, -0.15) is 5.10 Å². The van der Waals surface area contributed by atoms with E-state index in [1.54, 1.807) is 18.3 Å². The summed E-state index contributed by atoms with van der Waals surface area (Å²) in [7, 11) is 0.